The molecule has 1 aliphatic rings. The molecule has 0 saturated carbocycles. The van der Waals surface area contributed by atoms with Crippen molar-refractivity contribution >= 4 is 5.91 Å². The van der Waals surface area contributed by atoms with Gasteiger partial charge in [-0.15, -0.1) is 0 Å². The van der Waals surface area contributed by atoms with Gasteiger partial charge in [0.1, 0.15) is 5.76 Å². The van der Waals surface area contributed by atoms with E-state index in [1.165, 1.54) is 0 Å². The van der Waals surface area contributed by atoms with Gasteiger partial charge >= 0.3 is 0 Å². The molecule has 0 radical (unpaired) electrons. The maximum absolute atomic E-state index is 12.4. The van der Waals surface area contributed by atoms with Gasteiger partial charge in [0.15, 0.2) is 0 Å². The topological polar surface area (TPSA) is 76.4 Å². The third-order valence-corrected chi connectivity index (χ3v) is 3.53. The average molecular weight is 267 g/mol. The van der Waals surface area contributed by atoms with Crippen molar-refractivity contribution in [1.29, 1.82) is 0 Å². The number of aryl methyl sites for hydroxylation is 1. The Kier molecular flexibility index (Phi) is 4.55. The van der Waals surface area contributed by atoms with Crippen molar-refractivity contribution in [2.45, 2.75) is 26.3 Å². The summed E-state index contributed by atoms with van der Waals surface area (Å²) in [6, 6.07) is 0. The lowest BCUT2D eigenvalue weighted by atomic mass is 9.78. The Balaban J connectivity index is 1.95. The molecule has 6 nitrogen and oxygen atoms in total. The minimum absolute atomic E-state index is 0.0201. The van der Waals surface area contributed by atoms with Gasteiger partial charge in [0.2, 0.25) is 11.8 Å². The molecule has 1 aliphatic heterocycles. The standard InChI is InChI=1S/C13H21N3O3/c1-10-7-15-11(19-10)8-16-12(17)13(9-18-2)3-5-14-6-4-13/h7,14H,3-6,8-9H2,1-2H3,(H,16,17). The molecular formula is C13H21N3O3. The second kappa shape index (κ2) is 6.16. The van der Waals surface area contributed by atoms with Crippen LogP contribution in [-0.4, -0.2) is 37.7 Å². The van der Waals surface area contributed by atoms with Crippen molar-refractivity contribution < 1.29 is 13.9 Å². The molecule has 19 heavy (non-hydrogen) atoms. The molecule has 6 heteroatoms. The molecular weight excluding hydrogens is 246 g/mol. The molecule has 1 saturated heterocycles. The summed E-state index contributed by atoms with van der Waals surface area (Å²) in [5.41, 5.74) is -0.429. The molecule has 0 atom stereocenters. The molecule has 1 aromatic rings. The number of methoxy groups -OCH3 is 1. The summed E-state index contributed by atoms with van der Waals surface area (Å²) in [5.74, 6) is 1.30. The normalized spacial score (nSPS) is 18.2. The van der Waals surface area contributed by atoms with Crippen LogP contribution in [0.25, 0.3) is 0 Å². The van der Waals surface area contributed by atoms with Gasteiger partial charge in [-0.1, -0.05) is 0 Å². The van der Waals surface area contributed by atoms with E-state index in [-0.39, 0.29) is 5.91 Å². The molecule has 0 unspecified atom stereocenters. The Hall–Kier alpha value is -1.40. The highest BCUT2D eigenvalue weighted by atomic mass is 16.5. The minimum Gasteiger partial charge on any atom is -0.444 e. The number of hydrogen-bond acceptors (Lipinski definition) is 5. The molecule has 0 spiro atoms. The van der Waals surface area contributed by atoms with Gasteiger partial charge in [0, 0.05) is 7.11 Å². The van der Waals surface area contributed by atoms with Crippen LogP contribution in [0.1, 0.15) is 24.5 Å². The van der Waals surface area contributed by atoms with E-state index >= 15 is 0 Å². The van der Waals surface area contributed by atoms with E-state index in [1.807, 2.05) is 6.92 Å². The number of amides is 1. The molecule has 1 fully saturated rings. The van der Waals surface area contributed by atoms with Crippen LogP contribution in [0.15, 0.2) is 10.6 Å². The monoisotopic (exact) mass is 267 g/mol. The third-order valence-electron chi connectivity index (χ3n) is 3.53. The van der Waals surface area contributed by atoms with E-state index in [1.54, 1.807) is 13.3 Å². The largest absolute Gasteiger partial charge is 0.444 e. The Morgan fingerprint density at radius 1 is 1.58 bits per heavy atom. The van der Waals surface area contributed by atoms with Gasteiger partial charge in [0.05, 0.1) is 24.8 Å². The number of carbonyl (C=O) groups is 1. The lowest BCUT2D eigenvalue weighted by Gasteiger charge is -2.35. The van der Waals surface area contributed by atoms with Gasteiger partial charge in [-0.3, -0.25) is 4.79 Å². The van der Waals surface area contributed by atoms with E-state index in [2.05, 4.69) is 15.6 Å². The molecule has 106 valence electrons. The summed E-state index contributed by atoms with van der Waals surface area (Å²) < 4.78 is 10.6. The van der Waals surface area contributed by atoms with E-state index < -0.39 is 5.41 Å². The number of carbonyl (C=O) groups excluding carboxylic acids is 1. The number of hydrogen-bond donors (Lipinski definition) is 2. The van der Waals surface area contributed by atoms with Crippen molar-refractivity contribution in [3.63, 3.8) is 0 Å². The highest BCUT2D eigenvalue weighted by Crippen LogP contribution is 2.29. The van der Waals surface area contributed by atoms with Crippen LogP contribution in [-0.2, 0) is 16.1 Å². The lowest BCUT2D eigenvalue weighted by molar-refractivity contribution is -0.136. The van der Waals surface area contributed by atoms with E-state index in [9.17, 15) is 4.79 Å². The van der Waals surface area contributed by atoms with Crippen LogP contribution in [0.4, 0.5) is 0 Å². The van der Waals surface area contributed by atoms with Crippen LogP contribution in [0.5, 0.6) is 0 Å². The minimum atomic E-state index is -0.429. The number of ether oxygens (including phenoxy) is 1. The van der Waals surface area contributed by atoms with Gasteiger partial charge in [-0.25, -0.2) is 4.98 Å². The van der Waals surface area contributed by atoms with Crippen LogP contribution in [0.2, 0.25) is 0 Å². The third kappa shape index (κ3) is 3.33. The smallest absolute Gasteiger partial charge is 0.229 e. The van der Waals surface area contributed by atoms with Crippen molar-refractivity contribution in [2.75, 3.05) is 26.8 Å². The summed E-state index contributed by atoms with van der Waals surface area (Å²) >= 11 is 0. The predicted molar refractivity (Wildman–Crippen MR) is 69.5 cm³/mol. The zero-order chi connectivity index (χ0) is 13.7. The first-order chi connectivity index (χ1) is 9.16. The van der Waals surface area contributed by atoms with E-state index in [0.29, 0.717) is 19.0 Å². The van der Waals surface area contributed by atoms with Crippen LogP contribution in [0.3, 0.4) is 0 Å². The van der Waals surface area contributed by atoms with Gasteiger partial charge in [0.25, 0.3) is 0 Å². The first-order valence-corrected chi connectivity index (χ1v) is 6.55. The number of nitrogens with zero attached hydrogens (tertiary/aromatic N) is 1. The quantitative estimate of drug-likeness (QED) is 0.817. The molecule has 0 aliphatic carbocycles. The number of oxazole rings is 1. The zero-order valence-electron chi connectivity index (χ0n) is 11.5. The van der Waals surface area contributed by atoms with Crippen LogP contribution < -0.4 is 10.6 Å². The molecule has 0 aromatic carbocycles. The SMILES string of the molecule is COCC1(C(=O)NCc2ncc(C)o2)CCNCC1. The number of nitrogens with one attached hydrogen (secondary N) is 2. The zero-order valence-corrected chi connectivity index (χ0v) is 11.5. The fourth-order valence-corrected chi connectivity index (χ4v) is 2.45. The second-order valence-corrected chi connectivity index (χ2v) is 5.01. The number of piperidine rings is 1. The summed E-state index contributed by atoms with van der Waals surface area (Å²) in [7, 11) is 1.63. The van der Waals surface area contributed by atoms with Gasteiger partial charge < -0.3 is 19.8 Å². The summed E-state index contributed by atoms with van der Waals surface area (Å²) in [5, 5.41) is 6.17. The summed E-state index contributed by atoms with van der Waals surface area (Å²) in [6.07, 6.45) is 3.23. The first-order valence-electron chi connectivity index (χ1n) is 6.55. The molecule has 2 heterocycles. The Bertz CT molecular complexity index is 419. The van der Waals surface area contributed by atoms with Crippen molar-refractivity contribution in [2.24, 2.45) is 5.41 Å². The fraction of sp³-hybridized carbons (Fsp3) is 0.692. The lowest BCUT2D eigenvalue weighted by Crippen LogP contribution is -2.50. The molecule has 0 bridgehead atoms. The fourth-order valence-electron chi connectivity index (χ4n) is 2.45. The molecule has 2 N–H and O–H groups in total. The van der Waals surface area contributed by atoms with Crippen LogP contribution >= 0.6 is 0 Å². The van der Waals surface area contributed by atoms with Gasteiger partial charge in [-0.2, -0.15) is 0 Å². The van der Waals surface area contributed by atoms with Crippen molar-refractivity contribution in [1.82, 2.24) is 15.6 Å². The predicted octanol–water partition coefficient (Wildman–Crippen LogP) is 0.615. The Morgan fingerprint density at radius 2 is 2.32 bits per heavy atom. The van der Waals surface area contributed by atoms with Crippen LogP contribution in [0, 0.1) is 12.3 Å². The Labute approximate surface area is 112 Å². The Morgan fingerprint density at radius 3 is 2.89 bits per heavy atom. The highest BCUT2D eigenvalue weighted by Gasteiger charge is 2.39. The molecule has 1 amide bonds. The van der Waals surface area contributed by atoms with E-state index in [4.69, 9.17) is 9.15 Å². The second-order valence-electron chi connectivity index (χ2n) is 5.01. The van der Waals surface area contributed by atoms with Gasteiger partial charge in [-0.05, 0) is 32.9 Å². The highest BCUT2D eigenvalue weighted by molar-refractivity contribution is 5.82. The number of rotatable bonds is 5. The van der Waals surface area contributed by atoms with Crippen molar-refractivity contribution in [3.8, 4) is 0 Å². The van der Waals surface area contributed by atoms with Crippen molar-refractivity contribution in [3.05, 3.63) is 17.8 Å². The maximum Gasteiger partial charge on any atom is 0.229 e. The number of aromatic nitrogens is 1. The maximum atomic E-state index is 12.4. The molecule has 2 rings (SSSR count). The van der Waals surface area contributed by atoms with E-state index in [0.717, 1.165) is 31.7 Å². The first kappa shape index (κ1) is 14.0. The molecule has 1 aromatic heterocycles. The average Bonchev–Trinajstić information content (AvgIpc) is 2.83. The summed E-state index contributed by atoms with van der Waals surface area (Å²) in [4.78, 5) is 16.5. The summed E-state index contributed by atoms with van der Waals surface area (Å²) in [6.45, 7) is 4.29.